The number of nitrogens with one attached hydrogen (secondary N) is 1. The van der Waals surface area contributed by atoms with Crippen LogP contribution in [0.25, 0.3) is 11.1 Å². The van der Waals surface area contributed by atoms with E-state index in [0.29, 0.717) is 42.1 Å². The van der Waals surface area contributed by atoms with Gasteiger partial charge >= 0.3 is 0 Å². The summed E-state index contributed by atoms with van der Waals surface area (Å²) in [5, 5.41) is 6.64. The molecule has 7 nitrogen and oxygen atoms in total. The summed E-state index contributed by atoms with van der Waals surface area (Å²) in [7, 11) is 0. The van der Waals surface area contributed by atoms with Crippen LogP contribution in [0.4, 0.5) is 10.1 Å². The van der Waals surface area contributed by atoms with E-state index in [1.54, 1.807) is 13.0 Å². The summed E-state index contributed by atoms with van der Waals surface area (Å²) in [4.78, 5) is 19.1. The lowest BCUT2D eigenvalue weighted by molar-refractivity contribution is 0.0532. The van der Waals surface area contributed by atoms with Crippen LogP contribution in [0.3, 0.4) is 0 Å². The van der Waals surface area contributed by atoms with Gasteiger partial charge in [-0.15, -0.1) is 0 Å². The van der Waals surface area contributed by atoms with E-state index in [2.05, 4.69) is 20.4 Å². The van der Waals surface area contributed by atoms with Crippen molar-refractivity contribution in [2.24, 2.45) is 0 Å². The van der Waals surface area contributed by atoms with Gasteiger partial charge in [-0.1, -0.05) is 5.16 Å². The number of aryl methyl sites for hydroxylation is 3. The fraction of sp³-hybridized carbons (Fsp3) is 0.375. The highest BCUT2D eigenvalue weighted by atomic mass is 19.1. The summed E-state index contributed by atoms with van der Waals surface area (Å²) in [6.07, 6.45) is 1.38. The van der Waals surface area contributed by atoms with Crippen molar-refractivity contribution in [2.45, 2.75) is 40.3 Å². The highest BCUT2D eigenvalue weighted by Gasteiger charge is 2.22. The van der Waals surface area contributed by atoms with Crippen molar-refractivity contribution >= 4 is 11.6 Å². The highest BCUT2D eigenvalue weighted by molar-refractivity contribution is 5.94. The number of rotatable bonds is 5. The molecule has 0 radical (unpaired) electrons. The van der Waals surface area contributed by atoms with Crippen LogP contribution in [-0.2, 0) is 11.3 Å². The molecule has 1 fully saturated rings. The molecular formula is C24H27FN4O3. The predicted octanol–water partition coefficient (Wildman–Crippen LogP) is 3.96. The van der Waals surface area contributed by atoms with E-state index >= 15 is 4.39 Å². The Bertz CT molecular complexity index is 1120. The van der Waals surface area contributed by atoms with Gasteiger partial charge in [-0.2, -0.15) is 0 Å². The molecule has 0 spiro atoms. The molecule has 1 N–H and O–H groups in total. The second kappa shape index (κ2) is 9.08. The third-order valence-corrected chi connectivity index (χ3v) is 5.57. The molecule has 4 rings (SSSR count). The van der Waals surface area contributed by atoms with Gasteiger partial charge in [0.25, 0.3) is 5.91 Å². The Kier molecular flexibility index (Phi) is 6.23. The van der Waals surface area contributed by atoms with E-state index in [1.807, 2.05) is 39.0 Å². The lowest BCUT2D eigenvalue weighted by Crippen LogP contribution is -2.41. The summed E-state index contributed by atoms with van der Waals surface area (Å²) in [5.74, 6) is -0.653. The largest absolute Gasteiger partial charge is 0.375 e. The Morgan fingerprint density at radius 2 is 1.97 bits per heavy atom. The lowest BCUT2D eigenvalue weighted by Gasteiger charge is -2.33. The summed E-state index contributed by atoms with van der Waals surface area (Å²) in [6.45, 7) is 9.58. The quantitative estimate of drug-likeness (QED) is 0.650. The Morgan fingerprint density at radius 3 is 2.62 bits per heavy atom. The van der Waals surface area contributed by atoms with Crippen molar-refractivity contribution < 1.29 is 18.4 Å². The first kappa shape index (κ1) is 22.0. The third kappa shape index (κ3) is 4.65. The average Bonchev–Trinajstić information content (AvgIpc) is 3.17. The number of amides is 1. The summed E-state index contributed by atoms with van der Waals surface area (Å²) >= 11 is 0. The number of benzene rings is 1. The molecule has 1 saturated heterocycles. The van der Waals surface area contributed by atoms with E-state index in [4.69, 9.17) is 9.26 Å². The highest BCUT2D eigenvalue weighted by Crippen LogP contribution is 2.33. The van der Waals surface area contributed by atoms with Crippen LogP contribution in [0.2, 0.25) is 0 Å². The average molecular weight is 439 g/mol. The summed E-state index contributed by atoms with van der Waals surface area (Å²) in [5.41, 5.74) is 5.14. The van der Waals surface area contributed by atoms with Gasteiger partial charge < -0.3 is 19.5 Å². The topological polar surface area (TPSA) is 80.5 Å². The van der Waals surface area contributed by atoms with Gasteiger partial charge in [0.05, 0.1) is 18.4 Å². The second-order valence-corrected chi connectivity index (χ2v) is 8.22. The van der Waals surface area contributed by atoms with Gasteiger partial charge in [0.1, 0.15) is 17.6 Å². The van der Waals surface area contributed by atoms with Crippen LogP contribution < -0.4 is 10.2 Å². The van der Waals surface area contributed by atoms with Crippen LogP contribution in [0.15, 0.2) is 35.1 Å². The number of ether oxygens (including phenoxy) is 1. The number of anilines is 1. The van der Waals surface area contributed by atoms with Crippen molar-refractivity contribution in [1.29, 1.82) is 0 Å². The first-order chi connectivity index (χ1) is 15.3. The van der Waals surface area contributed by atoms with Crippen LogP contribution in [0.5, 0.6) is 0 Å². The number of morpholine rings is 1. The third-order valence-electron chi connectivity index (χ3n) is 5.57. The van der Waals surface area contributed by atoms with Gasteiger partial charge in [-0.3, -0.25) is 9.78 Å². The van der Waals surface area contributed by atoms with E-state index in [-0.39, 0.29) is 24.4 Å². The molecule has 32 heavy (non-hydrogen) atoms. The molecule has 0 bridgehead atoms. The van der Waals surface area contributed by atoms with Crippen molar-refractivity contribution in [3.8, 4) is 11.1 Å². The maximum absolute atomic E-state index is 15.6. The monoisotopic (exact) mass is 438 g/mol. The standard InChI is InChI=1S/C24H27FN4O3/c1-14-7-18(8-15(2)27-14)23-19(11-26-24(30)21-13-32-28-17(21)4)9-20(10-22(23)25)29-5-6-31-16(3)12-29/h7-10,13,16H,5-6,11-12H2,1-4H3,(H,26,30). The number of carbonyl (C=O) groups is 1. The summed E-state index contributed by atoms with van der Waals surface area (Å²) < 4.78 is 26.1. The second-order valence-electron chi connectivity index (χ2n) is 8.22. The Hall–Kier alpha value is -3.26. The molecule has 1 atom stereocenters. The molecule has 3 heterocycles. The maximum atomic E-state index is 15.6. The minimum atomic E-state index is -0.336. The van der Waals surface area contributed by atoms with Crippen LogP contribution in [0, 0.1) is 26.6 Å². The number of nitrogens with zero attached hydrogens (tertiary/aromatic N) is 3. The van der Waals surface area contributed by atoms with Crippen molar-refractivity contribution in [2.75, 3.05) is 24.6 Å². The van der Waals surface area contributed by atoms with E-state index in [9.17, 15) is 4.79 Å². The fourth-order valence-electron chi connectivity index (χ4n) is 4.11. The fourth-order valence-corrected chi connectivity index (χ4v) is 4.11. The summed E-state index contributed by atoms with van der Waals surface area (Å²) in [6, 6.07) is 7.23. The van der Waals surface area contributed by atoms with Gasteiger partial charge in [0.2, 0.25) is 0 Å². The molecule has 0 aliphatic carbocycles. The zero-order chi connectivity index (χ0) is 22.8. The van der Waals surface area contributed by atoms with E-state index in [0.717, 1.165) is 22.6 Å². The molecule has 2 aromatic heterocycles. The Balaban J connectivity index is 1.72. The van der Waals surface area contributed by atoms with Crippen molar-refractivity contribution in [1.82, 2.24) is 15.5 Å². The van der Waals surface area contributed by atoms with Crippen LogP contribution in [-0.4, -0.2) is 41.8 Å². The first-order valence-electron chi connectivity index (χ1n) is 10.7. The maximum Gasteiger partial charge on any atom is 0.256 e. The Morgan fingerprint density at radius 1 is 1.22 bits per heavy atom. The molecular weight excluding hydrogens is 411 g/mol. The van der Waals surface area contributed by atoms with Gasteiger partial charge in [0.15, 0.2) is 0 Å². The molecule has 1 aliphatic rings. The molecule has 1 unspecified atom stereocenters. The molecule has 1 aromatic carbocycles. The van der Waals surface area contributed by atoms with Crippen molar-refractivity contribution in [3.63, 3.8) is 0 Å². The van der Waals surface area contributed by atoms with Gasteiger partial charge in [-0.25, -0.2) is 4.39 Å². The van der Waals surface area contributed by atoms with Gasteiger partial charge in [0, 0.05) is 42.3 Å². The smallest absolute Gasteiger partial charge is 0.256 e. The van der Waals surface area contributed by atoms with Crippen LogP contribution >= 0.6 is 0 Å². The van der Waals surface area contributed by atoms with Crippen molar-refractivity contribution in [3.05, 3.63) is 64.6 Å². The molecule has 1 aliphatic heterocycles. The number of hydrogen-bond donors (Lipinski definition) is 1. The first-order valence-corrected chi connectivity index (χ1v) is 10.7. The Labute approximate surface area is 186 Å². The zero-order valence-corrected chi connectivity index (χ0v) is 18.7. The predicted molar refractivity (Wildman–Crippen MR) is 119 cm³/mol. The number of carbonyl (C=O) groups excluding carboxylic acids is 1. The number of pyridine rings is 1. The number of aromatic nitrogens is 2. The SMILES string of the molecule is Cc1cc(-c2c(F)cc(N3CCOC(C)C3)cc2CNC(=O)c2conc2C)cc(C)n1. The molecule has 8 heteroatoms. The lowest BCUT2D eigenvalue weighted by atomic mass is 9.97. The zero-order valence-electron chi connectivity index (χ0n) is 18.7. The minimum Gasteiger partial charge on any atom is -0.375 e. The number of hydrogen-bond acceptors (Lipinski definition) is 6. The molecule has 168 valence electrons. The van der Waals surface area contributed by atoms with Crippen LogP contribution in [0.1, 0.15) is 39.9 Å². The molecule has 0 saturated carbocycles. The normalized spacial score (nSPS) is 16.3. The van der Waals surface area contributed by atoms with E-state index < -0.39 is 0 Å². The number of halogens is 1. The van der Waals surface area contributed by atoms with E-state index in [1.165, 1.54) is 6.26 Å². The van der Waals surface area contributed by atoms with Gasteiger partial charge in [-0.05, 0) is 63.1 Å². The minimum absolute atomic E-state index is 0.0664. The molecule has 1 amide bonds. The molecule has 3 aromatic rings.